The van der Waals surface area contributed by atoms with Gasteiger partial charge in [0, 0.05) is 18.0 Å². The van der Waals surface area contributed by atoms with Gasteiger partial charge in [-0.3, -0.25) is 0 Å². The van der Waals surface area contributed by atoms with Crippen molar-refractivity contribution in [2.75, 3.05) is 0 Å². The summed E-state index contributed by atoms with van der Waals surface area (Å²) in [5.41, 5.74) is 3.48. The molecule has 0 aromatic carbocycles. The molecule has 2 rings (SSSR count). The molecule has 1 aliphatic carbocycles. The molecule has 0 aromatic rings. The maximum Gasteiger partial charge on any atom is 0.137 e. The van der Waals surface area contributed by atoms with Crippen LogP contribution in [0.5, 0.6) is 0 Å². The molecule has 0 spiro atoms. The molecule has 0 radical (unpaired) electrons. The molecular formula is C13H14N2. The highest BCUT2D eigenvalue weighted by atomic mass is 15.0. The Morgan fingerprint density at radius 2 is 1.93 bits per heavy atom. The molecule has 1 heterocycles. The van der Waals surface area contributed by atoms with E-state index in [-0.39, 0.29) is 0 Å². The predicted molar refractivity (Wildman–Crippen MR) is 64.4 cm³/mol. The fraction of sp³-hybridized carbons (Fsp3) is 0.154. The Morgan fingerprint density at radius 1 is 1.07 bits per heavy atom. The number of nitrogens with one attached hydrogen (secondary N) is 1. The summed E-state index contributed by atoms with van der Waals surface area (Å²) in [6, 6.07) is 0. The van der Waals surface area contributed by atoms with Crippen LogP contribution in [-0.4, -0.2) is 6.21 Å². The van der Waals surface area contributed by atoms with Gasteiger partial charge in [0.15, 0.2) is 0 Å². The monoisotopic (exact) mass is 198 g/mol. The van der Waals surface area contributed by atoms with E-state index in [4.69, 9.17) is 0 Å². The molecule has 2 aliphatic rings. The Hall–Kier alpha value is -1.83. The fourth-order valence-electron chi connectivity index (χ4n) is 1.37. The molecule has 0 saturated carbocycles. The van der Waals surface area contributed by atoms with Crippen molar-refractivity contribution in [1.29, 1.82) is 0 Å². The van der Waals surface area contributed by atoms with Gasteiger partial charge in [0.25, 0.3) is 0 Å². The predicted octanol–water partition coefficient (Wildman–Crippen LogP) is 2.85. The Labute approximate surface area is 90.1 Å². The van der Waals surface area contributed by atoms with Crippen LogP contribution < -0.4 is 5.32 Å². The molecule has 0 saturated heterocycles. The molecule has 15 heavy (non-hydrogen) atoms. The first-order valence-electron chi connectivity index (χ1n) is 5.00. The number of hydrogen-bond donors (Lipinski definition) is 1. The second-order valence-electron chi connectivity index (χ2n) is 3.70. The van der Waals surface area contributed by atoms with Crippen molar-refractivity contribution in [3.8, 4) is 0 Å². The average molecular weight is 198 g/mol. The van der Waals surface area contributed by atoms with Crippen molar-refractivity contribution in [3.05, 3.63) is 59.1 Å². The highest BCUT2D eigenvalue weighted by molar-refractivity contribution is 5.79. The van der Waals surface area contributed by atoms with E-state index < -0.39 is 0 Å². The van der Waals surface area contributed by atoms with Crippen molar-refractivity contribution >= 4 is 6.21 Å². The van der Waals surface area contributed by atoms with Crippen LogP contribution >= 0.6 is 0 Å². The number of aliphatic imine (C=N–C) groups is 1. The van der Waals surface area contributed by atoms with Gasteiger partial charge in [-0.1, -0.05) is 36.0 Å². The first kappa shape index (κ1) is 9.71. The molecule has 1 aliphatic heterocycles. The highest BCUT2D eigenvalue weighted by Gasteiger charge is 2.03. The van der Waals surface area contributed by atoms with Crippen molar-refractivity contribution in [3.63, 3.8) is 0 Å². The van der Waals surface area contributed by atoms with Crippen LogP contribution in [0.2, 0.25) is 0 Å². The van der Waals surface area contributed by atoms with Gasteiger partial charge in [-0.2, -0.15) is 0 Å². The van der Waals surface area contributed by atoms with E-state index in [9.17, 15) is 0 Å². The fourth-order valence-corrected chi connectivity index (χ4v) is 1.37. The number of rotatable bonds is 0. The Bertz CT molecular complexity index is 443. The van der Waals surface area contributed by atoms with Gasteiger partial charge in [0.1, 0.15) is 5.82 Å². The minimum atomic E-state index is 0.899. The van der Waals surface area contributed by atoms with Crippen LogP contribution in [0.25, 0.3) is 0 Å². The van der Waals surface area contributed by atoms with Crippen molar-refractivity contribution in [1.82, 2.24) is 5.32 Å². The van der Waals surface area contributed by atoms with Crippen molar-refractivity contribution in [2.24, 2.45) is 4.99 Å². The number of hydrogen-bond acceptors (Lipinski definition) is 2. The highest BCUT2D eigenvalue weighted by Crippen LogP contribution is 2.14. The van der Waals surface area contributed by atoms with Gasteiger partial charge in [-0.05, 0) is 19.4 Å². The number of allylic oxidation sites excluding steroid dienone is 8. The van der Waals surface area contributed by atoms with Crippen LogP contribution in [0.4, 0.5) is 0 Å². The van der Waals surface area contributed by atoms with E-state index in [1.807, 2.05) is 25.4 Å². The third-order valence-corrected chi connectivity index (χ3v) is 2.27. The first-order valence-corrected chi connectivity index (χ1v) is 5.00. The van der Waals surface area contributed by atoms with Gasteiger partial charge in [0.05, 0.1) is 0 Å². The third kappa shape index (κ3) is 2.34. The van der Waals surface area contributed by atoms with E-state index in [1.54, 1.807) is 0 Å². The Morgan fingerprint density at radius 3 is 2.67 bits per heavy atom. The zero-order chi connectivity index (χ0) is 10.7. The van der Waals surface area contributed by atoms with E-state index in [1.165, 1.54) is 5.57 Å². The lowest BCUT2D eigenvalue weighted by atomic mass is 10.2. The van der Waals surface area contributed by atoms with Gasteiger partial charge in [0.2, 0.25) is 0 Å². The standard InChI is InChI=1S/C13H14N2/c1-10-4-3-5-12(7-6-10)13-14-8-11(2)9-15-13/h3-9,14H,1-2H3/b13-12-. The maximum atomic E-state index is 4.35. The summed E-state index contributed by atoms with van der Waals surface area (Å²) in [6.45, 7) is 4.10. The largest absolute Gasteiger partial charge is 0.346 e. The van der Waals surface area contributed by atoms with Crippen LogP contribution in [0.15, 0.2) is 64.1 Å². The molecule has 0 amide bonds. The van der Waals surface area contributed by atoms with Gasteiger partial charge >= 0.3 is 0 Å². The minimum Gasteiger partial charge on any atom is -0.346 e. The SMILES string of the molecule is CC1=CC=C/C(=C2/N=CC(C)=CN2)C=C1. The van der Waals surface area contributed by atoms with Gasteiger partial charge < -0.3 is 5.32 Å². The van der Waals surface area contributed by atoms with E-state index in [0.717, 1.165) is 17.0 Å². The summed E-state index contributed by atoms with van der Waals surface area (Å²) in [6.07, 6.45) is 14.2. The molecule has 0 atom stereocenters. The zero-order valence-electron chi connectivity index (χ0n) is 8.99. The zero-order valence-corrected chi connectivity index (χ0v) is 8.99. The Kier molecular flexibility index (Phi) is 2.68. The molecule has 76 valence electrons. The molecule has 0 unspecified atom stereocenters. The topological polar surface area (TPSA) is 24.4 Å². The summed E-state index contributed by atoms with van der Waals surface area (Å²) in [7, 11) is 0. The molecule has 1 N–H and O–H groups in total. The lowest BCUT2D eigenvalue weighted by Crippen LogP contribution is -2.10. The van der Waals surface area contributed by atoms with Crippen molar-refractivity contribution < 1.29 is 0 Å². The molecule has 2 nitrogen and oxygen atoms in total. The molecular weight excluding hydrogens is 184 g/mol. The van der Waals surface area contributed by atoms with Crippen LogP contribution in [0.1, 0.15) is 13.8 Å². The van der Waals surface area contributed by atoms with Gasteiger partial charge in [-0.25, -0.2) is 4.99 Å². The second kappa shape index (κ2) is 4.13. The summed E-state index contributed by atoms with van der Waals surface area (Å²) in [5.74, 6) is 0.899. The summed E-state index contributed by atoms with van der Waals surface area (Å²) < 4.78 is 0. The Balaban J connectivity index is 2.30. The molecule has 2 heteroatoms. The smallest absolute Gasteiger partial charge is 0.137 e. The normalized spacial score (nSPS) is 24.4. The quantitative estimate of drug-likeness (QED) is 0.636. The van der Waals surface area contributed by atoms with Gasteiger partial charge in [-0.15, -0.1) is 0 Å². The third-order valence-electron chi connectivity index (χ3n) is 2.27. The van der Waals surface area contributed by atoms with Crippen LogP contribution in [0, 0.1) is 0 Å². The average Bonchev–Trinajstić information content (AvgIpc) is 2.44. The molecule has 0 aromatic heterocycles. The first-order chi connectivity index (χ1) is 7.25. The van der Waals surface area contributed by atoms with Crippen LogP contribution in [0.3, 0.4) is 0 Å². The van der Waals surface area contributed by atoms with Crippen LogP contribution in [-0.2, 0) is 0 Å². The van der Waals surface area contributed by atoms with E-state index >= 15 is 0 Å². The summed E-state index contributed by atoms with van der Waals surface area (Å²) >= 11 is 0. The lowest BCUT2D eigenvalue weighted by Gasteiger charge is -2.09. The van der Waals surface area contributed by atoms with Crippen molar-refractivity contribution in [2.45, 2.75) is 13.8 Å². The summed E-state index contributed by atoms with van der Waals surface area (Å²) in [4.78, 5) is 4.35. The van der Waals surface area contributed by atoms with E-state index in [2.05, 4.69) is 41.5 Å². The minimum absolute atomic E-state index is 0.899. The second-order valence-corrected chi connectivity index (χ2v) is 3.70. The number of nitrogens with zero attached hydrogens (tertiary/aromatic N) is 1. The lowest BCUT2D eigenvalue weighted by molar-refractivity contribution is 0.991. The summed E-state index contributed by atoms with van der Waals surface area (Å²) in [5, 5.41) is 3.18. The van der Waals surface area contributed by atoms with E-state index in [0.29, 0.717) is 0 Å². The molecule has 0 fully saturated rings. The molecule has 0 bridgehead atoms. The maximum absolute atomic E-state index is 4.35.